The molecule has 3 aromatic rings. The van der Waals surface area contributed by atoms with E-state index >= 15 is 0 Å². The van der Waals surface area contributed by atoms with Gasteiger partial charge in [-0.05, 0) is 41.1 Å². The smallest absolute Gasteiger partial charge is 0.0255 e. The number of benzene rings is 3. The van der Waals surface area contributed by atoms with Crippen LogP contribution in [0.25, 0.3) is 10.8 Å². The zero-order valence-electron chi connectivity index (χ0n) is 9.85. The summed E-state index contributed by atoms with van der Waals surface area (Å²) in [5.41, 5.74) is 2.07. The van der Waals surface area contributed by atoms with Gasteiger partial charge >= 0.3 is 0 Å². The van der Waals surface area contributed by atoms with Gasteiger partial charge in [0.2, 0.25) is 0 Å². The highest BCUT2D eigenvalue weighted by molar-refractivity contribution is 5.83. The van der Waals surface area contributed by atoms with Gasteiger partial charge in [-0.3, -0.25) is 0 Å². The Morgan fingerprint density at radius 1 is 0.722 bits per heavy atom. The van der Waals surface area contributed by atoms with E-state index < -0.39 is 0 Å². The first-order valence-electron chi connectivity index (χ1n) is 5.89. The fraction of sp³-hybridized carbons (Fsp3) is 0. The van der Waals surface area contributed by atoms with Crippen LogP contribution in [-0.4, -0.2) is 0 Å². The van der Waals surface area contributed by atoms with Gasteiger partial charge in [-0.2, -0.15) is 0 Å². The van der Waals surface area contributed by atoms with Crippen LogP contribution in [0.3, 0.4) is 0 Å². The molecule has 0 aliphatic heterocycles. The van der Waals surface area contributed by atoms with Crippen molar-refractivity contribution in [1.82, 2.24) is 0 Å². The summed E-state index contributed by atoms with van der Waals surface area (Å²) in [5.74, 6) is 6.35. The summed E-state index contributed by atoms with van der Waals surface area (Å²) in [6.07, 6.45) is 0. The second-order valence-electron chi connectivity index (χ2n) is 4.09. The lowest BCUT2D eigenvalue weighted by Crippen LogP contribution is -1.77. The summed E-state index contributed by atoms with van der Waals surface area (Å²) >= 11 is 0. The minimum absolute atomic E-state index is 1.03. The molecule has 1 radical (unpaired) electrons. The van der Waals surface area contributed by atoms with E-state index in [0.717, 1.165) is 16.5 Å². The standard InChI is InChI=1S/C18H11/c1-2-6-15(7-3-1)10-11-16-12-13-17-8-4-5-9-18(17)14-16/h1-7,9,12-14H. The van der Waals surface area contributed by atoms with Gasteiger partial charge in [0, 0.05) is 11.1 Å². The van der Waals surface area contributed by atoms with E-state index in [-0.39, 0.29) is 0 Å². The number of hydrogen-bond acceptors (Lipinski definition) is 0. The van der Waals surface area contributed by atoms with E-state index in [1.54, 1.807) is 0 Å². The third kappa shape index (κ3) is 2.26. The summed E-state index contributed by atoms with van der Waals surface area (Å²) in [6.45, 7) is 0. The van der Waals surface area contributed by atoms with Gasteiger partial charge in [-0.1, -0.05) is 54.3 Å². The molecule has 0 heteroatoms. The lowest BCUT2D eigenvalue weighted by Gasteiger charge is -1.96. The van der Waals surface area contributed by atoms with Crippen molar-refractivity contribution in [3.63, 3.8) is 0 Å². The van der Waals surface area contributed by atoms with Crippen LogP contribution in [0.15, 0.2) is 66.7 Å². The predicted octanol–water partition coefficient (Wildman–Crippen LogP) is 4.04. The molecule has 3 aromatic carbocycles. The molecule has 3 rings (SSSR count). The van der Waals surface area contributed by atoms with Crippen molar-refractivity contribution in [1.29, 1.82) is 0 Å². The summed E-state index contributed by atoms with van der Waals surface area (Å²) < 4.78 is 0. The molecule has 0 fully saturated rings. The molecule has 0 nitrogen and oxygen atoms in total. The van der Waals surface area contributed by atoms with Crippen molar-refractivity contribution < 1.29 is 0 Å². The van der Waals surface area contributed by atoms with Crippen LogP contribution in [0.2, 0.25) is 0 Å². The van der Waals surface area contributed by atoms with E-state index in [1.165, 1.54) is 5.39 Å². The molecule has 0 spiro atoms. The van der Waals surface area contributed by atoms with Crippen LogP contribution in [-0.2, 0) is 0 Å². The molecule has 0 atom stereocenters. The van der Waals surface area contributed by atoms with Crippen LogP contribution < -0.4 is 0 Å². The molecule has 0 saturated carbocycles. The minimum Gasteiger partial charge on any atom is -0.0622 e. The van der Waals surface area contributed by atoms with Crippen LogP contribution in [0.5, 0.6) is 0 Å². The Morgan fingerprint density at radius 3 is 2.44 bits per heavy atom. The van der Waals surface area contributed by atoms with Crippen molar-refractivity contribution in [2.75, 3.05) is 0 Å². The van der Waals surface area contributed by atoms with Crippen molar-refractivity contribution in [2.24, 2.45) is 0 Å². The summed E-state index contributed by atoms with van der Waals surface area (Å²) in [6, 6.07) is 25.4. The van der Waals surface area contributed by atoms with E-state index in [2.05, 4.69) is 36.1 Å². The molecule has 0 saturated heterocycles. The fourth-order valence-electron chi connectivity index (χ4n) is 1.87. The predicted molar refractivity (Wildman–Crippen MR) is 75.2 cm³/mol. The highest BCUT2D eigenvalue weighted by Crippen LogP contribution is 2.14. The molecule has 0 aliphatic carbocycles. The van der Waals surface area contributed by atoms with E-state index in [4.69, 9.17) is 0 Å². The molecule has 0 N–H and O–H groups in total. The first-order chi connectivity index (χ1) is 8.92. The Hall–Kier alpha value is -2.52. The quantitative estimate of drug-likeness (QED) is 0.508. The Bertz CT molecular complexity index is 728. The largest absolute Gasteiger partial charge is 0.0622 e. The van der Waals surface area contributed by atoms with Crippen LogP contribution in [0.4, 0.5) is 0 Å². The second kappa shape index (κ2) is 4.77. The Kier molecular flexibility index (Phi) is 2.82. The number of rotatable bonds is 0. The zero-order valence-corrected chi connectivity index (χ0v) is 9.85. The van der Waals surface area contributed by atoms with Crippen LogP contribution in [0, 0.1) is 17.9 Å². The molecule has 0 aliphatic rings. The van der Waals surface area contributed by atoms with E-state index in [0.29, 0.717) is 0 Å². The van der Waals surface area contributed by atoms with Crippen LogP contribution in [0.1, 0.15) is 11.1 Å². The molecule has 18 heavy (non-hydrogen) atoms. The lowest BCUT2D eigenvalue weighted by molar-refractivity contribution is 1.64. The topological polar surface area (TPSA) is 0 Å². The highest BCUT2D eigenvalue weighted by Gasteiger charge is 1.93. The zero-order chi connectivity index (χ0) is 12.2. The molecule has 0 heterocycles. The van der Waals surface area contributed by atoms with Gasteiger partial charge in [0.05, 0.1) is 0 Å². The third-order valence-electron chi connectivity index (χ3n) is 2.79. The molecular formula is C18H11. The van der Waals surface area contributed by atoms with Crippen molar-refractivity contribution in [2.45, 2.75) is 0 Å². The van der Waals surface area contributed by atoms with Gasteiger partial charge in [0.25, 0.3) is 0 Å². The maximum Gasteiger partial charge on any atom is 0.0255 e. The van der Waals surface area contributed by atoms with E-state index in [9.17, 15) is 0 Å². The molecule has 0 amide bonds. The monoisotopic (exact) mass is 227 g/mol. The Morgan fingerprint density at radius 2 is 1.56 bits per heavy atom. The summed E-state index contributed by atoms with van der Waals surface area (Å²) in [7, 11) is 0. The van der Waals surface area contributed by atoms with Crippen LogP contribution >= 0.6 is 0 Å². The maximum atomic E-state index is 3.20. The first kappa shape index (κ1) is 10.6. The molecule has 0 aromatic heterocycles. The average molecular weight is 227 g/mol. The van der Waals surface area contributed by atoms with Crippen molar-refractivity contribution in [3.8, 4) is 11.8 Å². The Balaban J connectivity index is 1.99. The molecule has 0 bridgehead atoms. The van der Waals surface area contributed by atoms with Crippen molar-refractivity contribution in [3.05, 3.63) is 83.9 Å². The maximum absolute atomic E-state index is 3.20. The molecule has 0 unspecified atom stereocenters. The van der Waals surface area contributed by atoms with Gasteiger partial charge in [0.1, 0.15) is 0 Å². The molecule has 83 valence electrons. The summed E-state index contributed by atoms with van der Waals surface area (Å²) in [4.78, 5) is 0. The number of fused-ring (bicyclic) bond motifs is 1. The van der Waals surface area contributed by atoms with Gasteiger partial charge in [-0.25, -0.2) is 0 Å². The normalized spacial score (nSPS) is 9.78. The second-order valence-corrected chi connectivity index (χ2v) is 4.09. The van der Waals surface area contributed by atoms with Gasteiger partial charge in [0.15, 0.2) is 0 Å². The average Bonchev–Trinajstić information content (AvgIpc) is 2.46. The SMILES string of the molecule is C(#Cc1ccc2[c]cccc2c1)c1ccccc1. The van der Waals surface area contributed by atoms with Crippen molar-refractivity contribution >= 4 is 10.8 Å². The molecular weight excluding hydrogens is 216 g/mol. The third-order valence-corrected chi connectivity index (χ3v) is 2.79. The van der Waals surface area contributed by atoms with Gasteiger partial charge < -0.3 is 0 Å². The lowest BCUT2D eigenvalue weighted by atomic mass is 10.1. The fourth-order valence-corrected chi connectivity index (χ4v) is 1.87. The van der Waals surface area contributed by atoms with E-state index in [1.807, 2.05) is 48.5 Å². The highest BCUT2D eigenvalue weighted by atomic mass is 14.0. The number of hydrogen-bond donors (Lipinski definition) is 0. The summed E-state index contributed by atoms with van der Waals surface area (Å²) in [5, 5.41) is 2.31. The minimum atomic E-state index is 1.03. The Labute approximate surface area is 107 Å². The van der Waals surface area contributed by atoms with Gasteiger partial charge in [-0.15, -0.1) is 0 Å². The first-order valence-corrected chi connectivity index (χ1v) is 5.89.